The van der Waals surface area contributed by atoms with E-state index >= 15 is 0 Å². The minimum absolute atomic E-state index is 0.0599. The van der Waals surface area contributed by atoms with Crippen LogP contribution in [-0.2, 0) is 19.1 Å². The number of benzene rings is 2. The van der Waals surface area contributed by atoms with Crippen LogP contribution in [0.3, 0.4) is 0 Å². The first-order valence-electron chi connectivity index (χ1n) is 7.99. The second-order valence-electron chi connectivity index (χ2n) is 6.02. The van der Waals surface area contributed by atoms with Gasteiger partial charge >= 0.3 is 18.0 Å². The van der Waals surface area contributed by atoms with Gasteiger partial charge in [0.15, 0.2) is 0 Å². The van der Waals surface area contributed by atoms with Crippen molar-refractivity contribution in [1.82, 2.24) is 5.32 Å². The molecule has 1 aliphatic carbocycles. The SMILES string of the molecule is O=C1C[C@@H](NC(=O)OCC2c3ccccc3-c3ccccc32)C(=O)O1. The van der Waals surface area contributed by atoms with E-state index in [4.69, 9.17) is 4.74 Å². The first-order chi connectivity index (χ1) is 12.1. The summed E-state index contributed by atoms with van der Waals surface area (Å²) in [6.07, 6.45) is -0.901. The van der Waals surface area contributed by atoms with Crippen molar-refractivity contribution in [3.63, 3.8) is 0 Å². The molecule has 0 radical (unpaired) electrons. The highest BCUT2D eigenvalue weighted by atomic mass is 16.6. The maximum atomic E-state index is 12.0. The minimum Gasteiger partial charge on any atom is -0.449 e. The zero-order chi connectivity index (χ0) is 17.4. The van der Waals surface area contributed by atoms with Gasteiger partial charge in [-0.1, -0.05) is 48.5 Å². The van der Waals surface area contributed by atoms with Crippen LogP contribution in [0.2, 0.25) is 0 Å². The Hall–Kier alpha value is -3.15. The molecular weight excluding hydrogens is 322 g/mol. The van der Waals surface area contributed by atoms with E-state index in [1.165, 1.54) is 0 Å². The summed E-state index contributed by atoms with van der Waals surface area (Å²) >= 11 is 0. The van der Waals surface area contributed by atoms with Crippen LogP contribution in [0.5, 0.6) is 0 Å². The molecule has 0 saturated carbocycles. The van der Waals surface area contributed by atoms with E-state index < -0.39 is 24.1 Å². The second kappa shape index (κ2) is 6.05. The monoisotopic (exact) mass is 337 g/mol. The molecule has 0 aromatic heterocycles. The lowest BCUT2D eigenvalue weighted by Gasteiger charge is -2.15. The van der Waals surface area contributed by atoms with E-state index in [0.717, 1.165) is 22.3 Å². The van der Waals surface area contributed by atoms with Gasteiger partial charge in [-0.15, -0.1) is 0 Å². The molecule has 0 bridgehead atoms. The molecule has 2 aliphatic rings. The number of esters is 2. The van der Waals surface area contributed by atoms with Crippen molar-refractivity contribution in [3.05, 3.63) is 59.7 Å². The molecule has 1 saturated heterocycles. The van der Waals surface area contributed by atoms with Crippen LogP contribution in [0.15, 0.2) is 48.5 Å². The summed E-state index contributed by atoms with van der Waals surface area (Å²) in [4.78, 5) is 34.4. The van der Waals surface area contributed by atoms with Gasteiger partial charge in [0, 0.05) is 5.92 Å². The quantitative estimate of drug-likeness (QED) is 0.687. The normalized spacial score (nSPS) is 18.5. The lowest BCUT2D eigenvalue weighted by atomic mass is 9.98. The smallest absolute Gasteiger partial charge is 0.407 e. The highest BCUT2D eigenvalue weighted by molar-refractivity contribution is 5.98. The van der Waals surface area contributed by atoms with Crippen molar-refractivity contribution in [2.24, 2.45) is 0 Å². The number of carbonyl (C=O) groups excluding carboxylic acids is 3. The van der Waals surface area contributed by atoms with E-state index in [0.29, 0.717) is 0 Å². The molecular formula is C19H15NO5. The number of amides is 1. The number of nitrogens with one attached hydrogen (secondary N) is 1. The van der Waals surface area contributed by atoms with E-state index in [-0.39, 0.29) is 18.9 Å². The van der Waals surface area contributed by atoms with E-state index in [1.807, 2.05) is 48.5 Å². The summed E-state index contributed by atoms with van der Waals surface area (Å²) in [6, 6.07) is 15.0. The standard InChI is InChI=1S/C19H15NO5/c21-17-9-16(18(22)25-17)20-19(23)24-10-15-13-7-3-1-5-11(13)12-6-2-4-8-14(12)15/h1-8,15-16H,9-10H2,(H,20,23)/t16-/m1/s1. The third kappa shape index (κ3) is 2.76. The van der Waals surface area contributed by atoms with E-state index in [1.54, 1.807) is 0 Å². The van der Waals surface area contributed by atoms with Crippen LogP contribution in [-0.4, -0.2) is 30.7 Å². The largest absolute Gasteiger partial charge is 0.449 e. The molecule has 4 rings (SSSR count). The van der Waals surface area contributed by atoms with Gasteiger partial charge in [0.2, 0.25) is 0 Å². The number of rotatable bonds is 3. The summed E-state index contributed by atoms with van der Waals surface area (Å²) in [5, 5.41) is 2.37. The van der Waals surface area contributed by atoms with Gasteiger partial charge in [-0.05, 0) is 22.3 Å². The molecule has 6 nitrogen and oxygen atoms in total. The third-order valence-corrected chi connectivity index (χ3v) is 4.51. The maximum Gasteiger partial charge on any atom is 0.407 e. The highest BCUT2D eigenvalue weighted by Crippen LogP contribution is 2.44. The Bertz CT molecular complexity index is 830. The summed E-state index contributed by atoms with van der Waals surface area (Å²) < 4.78 is 9.71. The van der Waals surface area contributed by atoms with Gasteiger partial charge in [-0.2, -0.15) is 0 Å². The lowest BCUT2D eigenvalue weighted by molar-refractivity contribution is -0.152. The third-order valence-electron chi connectivity index (χ3n) is 4.51. The molecule has 1 aliphatic heterocycles. The van der Waals surface area contributed by atoms with Gasteiger partial charge < -0.3 is 14.8 Å². The zero-order valence-electron chi connectivity index (χ0n) is 13.2. The molecule has 1 atom stereocenters. The fraction of sp³-hybridized carbons (Fsp3) is 0.211. The number of ether oxygens (including phenoxy) is 2. The molecule has 6 heteroatoms. The fourth-order valence-corrected chi connectivity index (χ4v) is 3.37. The summed E-state index contributed by atoms with van der Waals surface area (Å²) in [7, 11) is 0. The van der Waals surface area contributed by atoms with Crippen LogP contribution in [0.25, 0.3) is 11.1 Å². The molecule has 2 aromatic carbocycles. The predicted octanol–water partition coefficient (Wildman–Crippen LogP) is 2.37. The Labute approximate surface area is 143 Å². The molecule has 1 fully saturated rings. The molecule has 25 heavy (non-hydrogen) atoms. The van der Waals surface area contributed by atoms with Gasteiger partial charge in [-0.25, -0.2) is 9.59 Å². The van der Waals surface area contributed by atoms with Crippen LogP contribution in [0.4, 0.5) is 4.79 Å². The fourth-order valence-electron chi connectivity index (χ4n) is 3.37. The number of fused-ring (bicyclic) bond motifs is 3. The number of hydrogen-bond acceptors (Lipinski definition) is 5. The predicted molar refractivity (Wildman–Crippen MR) is 87.7 cm³/mol. The average molecular weight is 337 g/mol. The second-order valence-corrected chi connectivity index (χ2v) is 6.02. The first kappa shape index (κ1) is 15.4. The highest BCUT2D eigenvalue weighted by Gasteiger charge is 2.35. The van der Waals surface area contributed by atoms with Crippen molar-refractivity contribution >= 4 is 18.0 Å². The van der Waals surface area contributed by atoms with Crippen molar-refractivity contribution < 1.29 is 23.9 Å². The Kier molecular flexibility index (Phi) is 3.72. The van der Waals surface area contributed by atoms with Gasteiger partial charge in [0.1, 0.15) is 12.6 Å². The van der Waals surface area contributed by atoms with Crippen LogP contribution < -0.4 is 5.32 Å². The van der Waals surface area contributed by atoms with Gasteiger partial charge in [0.25, 0.3) is 0 Å². The van der Waals surface area contributed by atoms with E-state index in [2.05, 4.69) is 10.1 Å². The molecule has 0 spiro atoms. The topological polar surface area (TPSA) is 81.7 Å². The maximum absolute atomic E-state index is 12.0. The Morgan fingerprint density at radius 1 is 1.04 bits per heavy atom. The lowest BCUT2D eigenvalue weighted by Crippen LogP contribution is -2.38. The first-order valence-corrected chi connectivity index (χ1v) is 7.99. The number of carbonyl (C=O) groups is 3. The van der Waals surface area contributed by atoms with Crippen LogP contribution in [0, 0.1) is 0 Å². The minimum atomic E-state index is -0.969. The molecule has 0 unspecified atom stereocenters. The summed E-state index contributed by atoms with van der Waals surface area (Å²) in [5.41, 5.74) is 4.48. The molecule has 1 amide bonds. The summed E-state index contributed by atoms with van der Waals surface area (Å²) in [6.45, 7) is 0.148. The van der Waals surface area contributed by atoms with Gasteiger partial charge in [-0.3, -0.25) is 4.79 Å². The van der Waals surface area contributed by atoms with Gasteiger partial charge in [0.05, 0.1) is 6.42 Å². The van der Waals surface area contributed by atoms with E-state index in [9.17, 15) is 14.4 Å². The van der Waals surface area contributed by atoms with Crippen molar-refractivity contribution in [2.75, 3.05) is 6.61 Å². The Morgan fingerprint density at radius 3 is 2.20 bits per heavy atom. The van der Waals surface area contributed by atoms with Crippen LogP contribution in [0.1, 0.15) is 23.5 Å². The van der Waals surface area contributed by atoms with Crippen molar-refractivity contribution in [1.29, 1.82) is 0 Å². The Morgan fingerprint density at radius 2 is 1.64 bits per heavy atom. The number of alkyl carbamates (subject to hydrolysis) is 1. The molecule has 1 heterocycles. The van der Waals surface area contributed by atoms with Crippen molar-refractivity contribution in [2.45, 2.75) is 18.4 Å². The summed E-state index contributed by atoms with van der Waals surface area (Å²) in [5.74, 6) is -1.46. The van der Waals surface area contributed by atoms with Crippen LogP contribution >= 0.6 is 0 Å². The number of cyclic esters (lactones) is 2. The average Bonchev–Trinajstić information content (AvgIpc) is 3.10. The van der Waals surface area contributed by atoms with Crippen molar-refractivity contribution in [3.8, 4) is 11.1 Å². The number of hydrogen-bond donors (Lipinski definition) is 1. The molecule has 1 N–H and O–H groups in total. The zero-order valence-corrected chi connectivity index (χ0v) is 13.2. The molecule has 126 valence electrons. The molecule has 2 aromatic rings. The Balaban J connectivity index is 1.47.